The second-order valence-electron chi connectivity index (χ2n) is 9.56. The Hall–Kier alpha value is -3.90. The number of hydroxylamine groups is 1. The van der Waals surface area contributed by atoms with Gasteiger partial charge in [-0.15, -0.1) is 0 Å². The lowest BCUT2D eigenvalue weighted by Gasteiger charge is -2.32. The largest absolute Gasteiger partial charge is 0.489 e. The minimum absolute atomic E-state index is 0.0742. The molecule has 0 aliphatic carbocycles. The lowest BCUT2D eigenvalue weighted by atomic mass is 10.0. The van der Waals surface area contributed by atoms with Crippen LogP contribution in [-0.2, 0) is 27.8 Å². The zero-order valence-corrected chi connectivity index (χ0v) is 23.3. The van der Waals surface area contributed by atoms with Gasteiger partial charge in [0.15, 0.2) is 0 Å². The fourth-order valence-electron chi connectivity index (χ4n) is 4.80. The highest BCUT2D eigenvalue weighted by Gasteiger charge is 2.43. The maximum absolute atomic E-state index is 13.7. The van der Waals surface area contributed by atoms with Crippen molar-refractivity contribution in [1.82, 2.24) is 19.6 Å². The molecule has 4 aromatic rings. The molecular formula is C28H27ClN4O6S. The van der Waals surface area contributed by atoms with Crippen molar-refractivity contribution >= 4 is 27.5 Å². The summed E-state index contributed by atoms with van der Waals surface area (Å²) >= 11 is 6.08. The molecule has 1 atom stereocenters. The zero-order valence-electron chi connectivity index (χ0n) is 21.7. The Labute approximate surface area is 235 Å². The standard InChI is InChI=1S/C28H27ClN4O6S/c1-17-6-7-18(2)19(14-17)16-39-22-8-10-23(11-9-22)40(37,38)32-13-12-24-25(26(32)27(34)31-36)28(35)33(30-24)21-5-3-4-20(29)15-21/h3-11,14-15,26,30,36H,12-13,16H2,1-2H3,(H,31,34). The Balaban J connectivity index is 1.44. The number of sulfonamides is 1. The molecule has 1 amide bonds. The number of aryl methyl sites for hydroxylation is 2. The van der Waals surface area contributed by atoms with Gasteiger partial charge in [0, 0.05) is 23.7 Å². The summed E-state index contributed by atoms with van der Waals surface area (Å²) in [6.45, 7) is 4.20. The minimum Gasteiger partial charge on any atom is -0.489 e. The van der Waals surface area contributed by atoms with E-state index in [1.54, 1.807) is 24.3 Å². The number of carbonyl (C=O) groups excluding carboxylic acids is 1. The third-order valence-corrected chi connectivity index (χ3v) is 9.02. The van der Waals surface area contributed by atoms with Crippen molar-refractivity contribution in [1.29, 1.82) is 0 Å². The number of amides is 1. The fourth-order valence-corrected chi connectivity index (χ4v) is 6.55. The van der Waals surface area contributed by atoms with Crippen molar-refractivity contribution in [2.24, 2.45) is 0 Å². The van der Waals surface area contributed by atoms with Gasteiger partial charge in [0.25, 0.3) is 11.5 Å². The monoisotopic (exact) mass is 582 g/mol. The zero-order chi connectivity index (χ0) is 28.6. The van der Waals surface area contributed by atoms with Crippen molar-refractivity contribution in [2.45, 2.75) is 37.8 Å². The summed E-state index contributed by atoms with van der Waals surface area (Å²) in [7, 11) is -4.26. The van der Waals surface area contributed by atoms with Gasteiger partial charge in [-0.3, -0.25) is 19.9 Å². The molecule has 1 aromatic heterocycles. The fraction of sp³-hybridized carbons (Fsp3) is 0.214. The molecule has 0 saturated heterocycles. The molecule has 3 aromatic carbocycles. The van der Waals surface area contributed by atoms with E-state index < -0.39 is 27.5 Å². The van der Waals surface area contributed by atoms with Crippen LogP contribution in [0.2, 0.25) is 5.02 Å². The van der Waals surface area contributed by atoms with Gasteiger partial charge in [-0.2, -0.15) is 4.31 Å². The van der Waals surface area contributed by atoms with Crippen LogP contribution in [0, 0.1) is 13.8 Å². The Morgan fingerprint density at radius 3 is 2.58 bits per heavy atom. The summed E-state index contributed by atoms with van der Waals surface area (Å²) < 4.78 is 35.4. The van der Waals surface area contributed by atoms with E-state index in [1.165, 1.54) is 34.4 Å². The Morgan fingerprint density at radius 1 is 1.12 bits per heavy atom. The van der Waals surface area contributed by atoms with Crippen LogP contribution in [-0.4, -0.2) is 40.2 Å². The molecule has 0 fully saturated rings. The number of aromatic nitrogens is 2. The number of carbonyl (C=O) groups is 1. The Morgan fingerprint density at radius 2 is 1.88 bits per heavy atom. The highest BCUT2D eigenvalue weighted by Crippen LogP contribution is 2.33. The van der Waals surface area contributed by atoms with Crippen LogP contribution in [0.25, 0.3) is 5.69 Å². The van der Waals surface area contributed by atoms with Gasteiger partial charge in [-0.25, -0.2) is 18.6 Å². The Bertz CT molecular complexity index is 1750. The molecule has 1 unspecified atom stereocenters. The number of hydrogen-bond acceptors (Lipinski definition) is 6. The molecule has 5 rings (SSSR count). The maximum atomic E-state index is 13.7. The summed E-state index contributed by atoms with van der Waals surface area (Å²) in [5.41, 5.74) is 4.84. The first kappa shape index (κ1) is 27.7. The first-order valence-corrected chi connectivity index (χ1v) is 14.3. The van der Waals surface area contributed by atoms with E-state index >= 15 is 0 Å². The SMILES string of the molecule is Cc1ccc(C)c(COc2ccc(S(=O)(=O)N3CCc4[nH]n(-c5cccc(Cl)c5)c(=O)c4C3C(=O)NO)cc2)c1. The number of hydrogen-bond donors (Lipinski definition) is 3. The van der Waals surface area contributed by atoms with E-state index in [9.17, 15) is 23.2 Å². The molecule has 0 bridgehead atoms. The van der Waals surface area contributed by atoms with Crippen molar-refractivity contribution in [3.05, 3.63) is 110 Å². The predicted octanol–water partition coefficient (Wildman–Crippen LogP) is 3.81. The number of nitrogens with zero attached hydrogens (tertiary/aromatic N) is 2. The van der Waals surface area contributed by atoms with E-state index in [2.05, 4.69) is 5.10 Å². The molecule has 3 N–H and O–H groups in total. The highest BCUT2D eigenvalue weighted by atomic mass is 35.5. The molecule has 40 heavy (non-hydrogen) atoms. The van der Waals surface area contributed by atoms with Gasteiger partial charge in [0.05, 0.1) is 16.1 Å². The number of aromatic amines is 1. The molecule has 208 valence electrons. The molecule has 1 aliphatic heterocycles. The third kappa shape index (κ3) is 5.16. The van der Waals surface area contributed by atoms with Gasteiger partial charge in [-0.05, 0) is 67.4 Å². The predicted molar refractivity (Wildman–Crippen MR) is 148 cm³/mol. The van der Waals surface area contributed by atoms with Crippen LogP contribution in [0.5, 0.6) is 5.75 Å². The van der Waals surface area contributed by atoms with Gasteiger partial charge >= 0.3 is 0 Å². The molecule has 0 saturated carbocycles. The minimum atomic E-state index is -4.26. The van der Waals surface area contributed by atoms with Crippen LogP contribution in [0.1, 0.15) is 34.0 Å². The van der Waals surface area contributed by atoms with Crippen molar-refractivity contribution in [2.75, 3.05) is 6.54 Å². The second-order valence-corrected chi connectivity index (χ2v) is 11.9. The topological polar surface area (TPSA) is 134 Å². The lowest BCUT2D eigenvalue weighted by Crippen LogP contribution is -2.48. The average Bonchev–Trinajstić information content (AvgIpc) is 3.29. The van der Waals surface area contributed by atoms with Gasteiger partial charge in [0.1, 0.15) is 18.4 Å². The normalized spacial score (nSPS) is 15.4. The summed E-state index contributed by atoms with van der Waals surface area (Å²) in [4.78, 5) is 26.2. The quantitative estimate of drug-likeness (QED) is 0.224. The van der Waals surface area contributed by atoms with Crippen molar-refractivity contribution < 1.29 is 23.2 Å². The lowest BCUT2D eigenvalue weighted by molar-refractivity contribution is -0.133. The summed E-state index contributed by atoms with van der Waals surface area (Å²) in [6, 6.07) is 16.8. The number of H-pyrrole nitrogens is 1. The molecule has 12 heteroatoms. The number of nitrogens with one attached hydrogen (secondary N) is 2. The van der Waals surface area contributed by atoms with Crippen LogP contribution >= 0.6 is 11.6 Å². The summed E-state index contributed by atoms with van der Waals surface area (Å²) in [5, 5.41) is 12.8. The van der Waals surface area contributed by atoms with Gasteiger partial charge in [-0.1, -0.05) is 41.4 Å². The molecule has 0 spiro atoms. The number of fused-ring (bicyclic) bond motifs is 1. The number of rotatable bonds is 7. The van der Waals surface area contributed by atoms with Crippen LogP contribution < -0.4 is 15.8 Å². The Kier molecular flexibility index (Phi) is 7.56. The van der Waals surface area contributed by atoms with E-state index in [1.807, 2.05) is 32.0 Å². The first-order valence-electron chi connectivity index (χ1n) is 12.4. The van der Waals surface area contributed by atoms with Gasteiger partial charge < -0.3 is 4.74 Å². The first-order chi connectivity index (χ1) is 19.1. The molecule has 2 heterocycles. The van der Waals surface area contributed by atoms with E-state index in [-0.39, 0.29) is 23.4 Å². The van der Waals surface area contributed by atoms with E-state index in [0.29, 0.717) is 28.8 Å². The summed E-state index contributed by atoms with van der Waals surface area (Å²) in [6.07, 6.45) is 0.142. The van der Waals surface area contributed by atoms with Crippen LogP contribution in [0.15, 0.2) is 76.4 Å². The number of benzene rings is 3. The third-order valence-electron chi connectivity index (χ3n) is 6.90. The smallest absolute Gasteiger partial charge is 0.276 e. The van der Waals surface area contributed by atoms with Crippen LogP contribution in [0.4, 0.5) is 0 Å². The molecule has 0 radical (unpaired) electrons. The number of halogens is 1. The van der Waals surface area contributed by atoms with Gasteiger partial charge in [0.2, 0.25) is 10.0 Å². The number of ether oxygens (including phenoxy) is 1. The van der Waals surface area contributed by atoms with E-state index in [4.69, 9.17) is 16.3 Å². The van der Waals surface area contributed by atoms with Crippen molar-refractivity contribution in [3.63, 3.8) is 0 Å². The molecule has 10 nitrogen and oxygen atoms in total. The second kappa shape index (κ2) is 10.9. The molecular weight excluding hydrogens is 556 g/mol. The average molecular weight is 583 g/mol. The highest BCUT2D eigenvalue weighted by molar-refractivity contribution is 7.89. The van der Waals surface area contributed by atoms with Crippen molar-refractivity contribution in [3.8, 4) is 11.4 Å². The van der Waals surface area contributed by atoms with Crippen LogP contribution in [0.3, 0.4) is 0 Å². The molecule has 1 aliphatic rings. The maximum Gasteiger partial charge on any atom is 0.276 e. The van der Waals surface area contributed by atoms with E-state index in [0.717, 1.165) is 21.0 Å². The summed E-state index contributed by atoms with van der Waals surface area (Å²) in [5.74, 6) is -0.576.